The summed E-state index contributed by atoms with van der Waals surface area (Å²) in [4.78, 5) is 0. The Morgan fingerprint density at radius 1 is 0.730 bits per heavy atom. The summed E-state index contributed by atoms with van der Waals surface area (Å²) in [6, 6.07) is -4.05. The van der Waals surface area contributed by atoms with Gasteiger partial charge in [0.15, 0.2) is 18.9 Å². The Hall–Kier alpha value is -0.640. The third-order valence-electron chi connectivity index (χ3n) is 7.74. The van der Waals surface area contributed by atoms with Crippen molar-refractivity contribution in [2.75, 3.05) is 13.7 Å². The van der Waals surface area contributed by atoms with Gasteiger partial charge in [-0.25, -0.2) is 0 Å². The van der Waals surface area contributed by atoms with E-state index in [1.807, 2.05) is 0 Å². The SMILES string of the molecule is CN[C@@H]1[C@@H](O[C@H]2O[C@H](CO)[C@@H](N)[C@H](O)[C@H]2O)O[C@H]2C[C@@H](N)[C@@H](OC3[C@@H](N)C[C@@H](N)[C@H](O)[C@H]3O)O[C@@H]2[C@@H]1O. The van der Waals surface area contributed by atoms with E-state index in [2.05, 4.69) is 5.32 Å². The molecule has 0 aromatic carbocycles. The first kappa shape index (κ1) is 29.3. The predicted octanol–water partition coefficient (Wildman–Crippen LogP) is -6.95. The second-order valence-electron chi connectivity index (χ2n) is 10.3. The predicted molar refractivity (Wildman–Crippen MR) is 123 cm³/mol. The normalized spacial score (nSPS) is 55.1. The minimum atomic E-state index is -1.54. The average molecular weight is 540 g/mol. The van der Waals surface area contributed by atoms with Crippen molar-refractivity contribution < 1.29 is 54.3 Å². The van der Waals surface area contributed by atoms with Gasteiger partial charge in [-0.3, -0.25) is 0 Å². The Morgan fingerprint density at radius 3 is 2.08 bits per heavy atom. The molecule has 15 N–H and O–H groups in total. The van der Waals surface area contributed by atoms with Gasteiger partial charge in [0.05, 0.1) is 36.9 Å². The van der Waals surface area contributed by atoms with E-state index >= 15 is 0 Å². The van der Waals surface area contributed by atoms with E-state index in [0.717, 1.165) is 0 Å². The first-order chi connectivity index (χ1) is 17.5. The number of fused-ring (bicyclic) bond motifs is 1. The van der Waals surface area contributed by atoms with Crippen LogP contribution < -0.4 is 28.3 Å². The minimum absolute atomic E-state index is 0.156. The number of nitrogens with one attached hydrogen (secondary N) is 1. The highest BCUT2D eigenvalue weighted by Crippen LogP contribution is 2.35. The first-order valence-electron chi connectivity index (χ1n) is 12.5. The molecule has 4 fully saturated rings. The summed E-state index contributed by atoms with van der Waals surface area (Å²) < 4.78 is 29.2. The van der Waals surface area contributed by atoms with E-state index in [-0.39, 0.29) is 12.8 Å². The molecular formula is C21H41N5O11. The lowest BCUT2D eigenvalue weighted by molar-refractivity contribution is -0.373. The maximum Gasteiger partial charge on any atom is 0.189 e. The number of rotatable bonds is 6. The zero-order valence-corrected chi connectivity index (χ0v) is 20.5. The number of aliphatic hydroxyl groups excluding tert-OH is 6. The average Bonchev–Trinajstić information content (AvgIpc) is 2.86. The number of hydrogen-bond acceptors (Lipinski definition) is 16. The maximum absolute atomic E-state index is 11.1. The lowest BCUT2D eigenvalue weighted by atomic mass is 9.84. The molecule has 216 valence electrons. The Kier molecular flexibility index (Phi) is 9.40. The fourth-order valence-electron chi connectivity index (χ4n) is 5.46. The van der Waals surface area contributed by atoms with Crippen molar-refractivity contribution in [2.45, 2.75) is 117 Å². The standard InChI is InChI=1S/C21H41N5O11/c1-26-11-14(30)18-8(33-20(11)37-21-16(32)13(29)10(25)9(4-27)34-21)3-7(24)19(36-18)35-17-6(23)2-5(22)12(28)15(17)31/h5-21,26-32H,2-4,22-25H2,1H3/t5-,6+,7-,8+,9-,10-,11+,12+,13+,14-,15-,16-,17?,18+,19+,20-,21-/m1/s1. The van der Waals surface area contributed by atoms with Gasteiger partial charge in [0.2, 0.25) is 0 Å². The minimum Gasteiger partial charge on any atom is -0.394 e. The number of aliphatic hydroxyl groups is 6. The molecule has 3 aliphatic heterocycles. The lowest BCUT2D eigenvalue weighted by Crippen LogP contribution is -2.70. The molecule has 3 saturated heterocycles. The van der Waals surface area contributed by atoms with Gasteiger partial charge < -0.3 is 82.6 Å². The second kappa shape index (κ2) is 11.8. The van der Waals surface area contributed by atoms with Crippen molar-refractivity contribution in [2.24, 2.45) is 22.9 Å². The topological polar surface area (TPSA) is 284 Å². The zero-order valence-electron chi connectivity index (χ0n) is 20.5. The molecular weight excluding hydrogens is 498 g/mol. The molecule has 1 saturated carbocycles. The summed E-state index contributed by atoms with van der Waals surface area (Å²) in [5.41, 5.74) is 24.0. The molecule has 17 atom stereocenters. The molecule has 1 aliphatic carbocycles. The summed E-state index contributed by atoms with van der Waals surface area (Å²) in [6.45, 7) is -0.508. The van der Waals surface area contributed by atoms with Crippen LogP contribution in [0.2, 0.25) is 0 Å². The molecule has 0 spiro atoms. The summed E-state index contributed by atoms with van der Waals surface area (Å²) in [6.07, 6.45) is -13.7. The van der Waals surface area contributed by atoms with Crippen molar-refractivity contribution in [1.29, 1.82) is 0 Å². The van der Waals surface area contributed by atoms with E-state index in [9.17, 15) is 30.6 Å². The van der Waals surface area contributed by atoms with Gasteiger partial charge in [-0.1, -0.05) is 0 Å². The molecule has 0 aromatic heterocycles. The van der Waals surface area contributed by atoms with Gasteiger partial charge in [0.25, 0.3) is 0 Å². The molecule has 3 heterocycles. The number of likely N-dealkylation sites (N-methyl/N-ethyl adjacent to an activating group) is 1. The Morgan fingerprint density at radius 2 is 1.43 bits per heavy atom. The van der Waals surface area contributed by atoms with Gasteiger partial charge in [-0.15, -0.1) is 0 Å². The van der Waals surface area contributed by atoms with Crippen LogP contribution in [-0.2, 0) is 23.7 Å². The van der Waals surface area contributed by atoms with Crippen LogP contribution in [0.5, 0.6) is 0 Å². The van der Waals surface area contributed by atoms with Gasteiger partial charge in [-0.05, 0) is 19.9 Å². The van der Waals surface area contributed by atoms with Gasteiger partial charge in [-0.2, -0.15) is 0 Å². The summed E-state index contributed by atoms with van der Waals surface area (Å²) >= 11 is 0. The summed E-state index contributed by atoms with van der Waals surface area (Å²) in [7, 11) is 1.55. The van der Waals surface area contributed by atoms with Crippen LogP contribution in [-0.4, -0.2) is 148 Å². The third-order valence-corrected chi connectivity index (χ3v) is 7.74. The number of hydrogen-bond donors (Lipinski definition) is 11. The monoisotopic (exact) mass is 539 g/mol. The van der Waals surface area contributed by atoms with Crippen LogP contribution in [0.3, 0.4) is 0 Å². The van der Waals surface area contributed by atoms with Crippen molar-refractivity contribution in [3.63, 3.8) is 0 Å². The van der Waals surface area contributed by atoms with Crippen molar-refractivity contribution in [3.8, 4) is 0 Å². The largest absolute Gasteiger partial charge is 0.394 e. The Balaban J connectivity index is 1.43. The molecule has 0 aromatic rings. The van der Waals surface area contributed by atoms with E-state index < -0.39 is 111 Å². The third kappa shape index (κ3) is 5.66. The quantitative estimate of drug-likeness (QED) is 0.149. The lowest BCUT2D eigenvalue weighted by Gasteiger charge is -2.51. The molecule has 0 amide bonds. The molecule has 0 bridgehead atoms. The van der Waals surface area contributed by atoms with E-state index in [0.29, 0.717) is 0 Å². The Labute approximate surface area is 213 Å². The van der Waals surface area contributed by atoms with Crippen molar-refractivity contribution in [3.05, 3.63) is 0 Å². The Bertz CT molecular complexity index is 756. The van der Waals surface area contributed by atoms with Crippen LogP contribution in [0.1, 0.15) is 12.8 Å². The van der Waals surface area contributed by atoms with Crippen LogP contribution in [0, 0.1) is 0 Å². The van der Waals surface area contributed by atoms with Crippen molar-refractivity contribution in [1.82, 2.24) is 5.32 Å². The second-order valence-corrected chi connectivity index (χ2v) is 10.3. The fourth-order valence-corrected chi connectivity index (χ4v) is 5.46. The highest BCUT2D eigenvalue weighted by atomic mass is 16.8. The zero-order chi connectivity index (χ0) is 27.2. The highest BCUT2D eigenvalue weighted by molar-refractivity contribution is 5.01. The van der Waals surface area contributed by atoms with Gasteiger partial charge >= 0.3 is 0 Å². The molecule has 4 aliphatic rings. The van der Waals surface area contributed by atoms with E-state index in [1.165, 1.54) is 0 Å². The van der Waals surface area contributed by atoms with Crippen molar-refractivity contribution >= 4 is 0 Å². The first-order valence-corrected chi connectivity index (χ1v) is 12.5. The fraction of sp³-hybridized carbons (Fsp3) is 1.00. The number of ether oxygens (including phenoxy) is 5. The van der Waals surface area contributed by atoms with Crippen LogP contribution in [0.25, 0.3) is 0 Å². The summed E-state index contributed by atoms with van der Waals surface area (Å²) in [5.74, 6) is 0. The maximum atomic E-state index is 11.1. The summed E-state index contributed by atoms with van der Waals surface area (Å²) in [5, 5.41) is 64.7. The molecule has 16 heteroatoms. The smallest absolute Gasteiger partial charge is 0.189 e. The van der Waals surface area contributed by atoms with Gasteiger partial charge in [0, 0.05) is 12.1 Å². The van der Waals surface area contributed by atoms with Crippen LogP contribution in [0.15, 0.2) is 0 Å². The number of nitrogens with two attached hydrogens (primary N) is 4. The highest BCUT2D eigenvalue weighted by Gasteiger charge is 2.54. The van der Waals surface area contributed by atoms with Crippen LogP contribution in [0.4, 0.5) is 0 Å². The molecule has 4 rings (SSSR count). The van der Waals surface area contributed by atoms with Crippen LogP contribution >= 0.6 is 0 Å². The molecule has 1 unspecified atom stereocenters. The van der Waals surface area contributed by atoms with E-state index in [4.69, 9.17) is 46.6 Å². The van der Waals surface area contributed by atoms with E-state index in [1.54, 1.807) is 7.05 Å². The van der Waals surface area contributed by atoms with Gasteiger partial charge in [0.1, 0.15) is 42.7 Å². The molecule has 16 nitrogen and oxygen atoms in total. The molecule has 0 radical (unpaired) electrons. The molecule has 37 heavy (non-hydrogen) atoms.